The summed E-state index contributed by atoms with van der Waals surface area (Å²) in [7, 11) is 1.58. The number of nitrogens with zero attached hydrogens (tertiary/aromatic N) is 2. The molecule has 3 N–H and O–H groups in total. The smallest absolute Gasteiger partial charge is 0.145 e. The highest BCUT2D eigenvalue weighted by atomic mass is 16.5. The maximum Gasteiger partial charge on any atom is 0.145 e. The minimum atomic E-state index is 0.0000950. The predicted molar refractivity (Wildman–Crippen MR) is 61.3 cm³/mol. The third-order valence-electron chi connectivity index (χ3n) is 2.32. The van der Waals surface area contributed by atoms with Crippen molar-refractivity contribution in [1.82, 2.24) is 9.97 Å². The molecular weight excluding hydrogens is 206 g/mol. The SMILES string of the molecule is COc1cccc2c(N)nc(CCO)nc12. The van der Waals surface area contributed by atoms with Gasteiger partial charge in [-0.3, -0.25) is 0 Å². The first-order chi connectivity index (χ1) is 7.76. The van der Waals surface area contributed by atoms with Crippen LogP contribution in [0.15, 0.2) is 18.2 Å². The summed E-state index contributed by atoms with van der Waals surface area (Å²) in [6, 6.07) is 5.50. The lowest BCUT2D eigenvalue weighted by Gasteiger charge is -2.07. The topological polar surface area (TPSA) is 81.3 Å². The zero-order valence-electron chi connectivity index (χ0n) is 8.97. The number of nitrogen functional groups attached to an aromatic ring is 1. The number of hydrogen-bond acceptors (Lipinski definition) is 5. The molecule has 16 heavy (non-hydrogen) atoms. The zero-order chi connectivity index (χ0) is 11.5. The number of benzene rings is 1. The van der Waals surface area contributed by atoms with E-state index in [1.165, 1.54) is 0 Å². The minimum Gasteiger partial charge on any atom is -0.494 e. The second-order valence-corrected chi connectivity index (χ2v) is 3.36. The van der Waals surface area contributed by atoms with E-state index in [0.29, 0.717) is 29.3 Å². The van der Waals surface area contributed by atoms with Gasteiger partial charge in [-0.15, -0.1) is 0 Å². The van der Waals surface area contributed by atoms with Crippen LogP contribution in [0.1, 0.15) is 5.82 Å². The molecule has 0 saturated carbocycles. The van der Waals surface area contributed by atoms with Gasteiger partial charge in [-0.2, -0.15) is 0 Å². The van der Waals surface area contributed by atoms with E-state index in [1.807, 2.05) is 18.2 Å². The van der Waals surface area contributed by atoms with Gasteiger partial charge >= 0.3 is 0 Å². The Balaban J connectivity index is 2.67. The second kappa shape index (κ2) is 4.32. The summed E-state index contributed by atoms with van der Waals surface area (Å²) in [5, 5.41) is 9.62. The van der Waals surface area contributed by atoms with Crippen LogP contribution in [-0.2, 0) is 6.42 Å². The first-order valence-electron chi connectivity index (χ1n) is 4.96. The average molecular weight is 219 g/mol. The van der Waals surface area contributed by atoms with Crippen LogP contribution in [0, 0.1) is 0 Å². The molecule has 0 saturated heterocycles. The molecule has 0 aliphatic rings. The molecule has 0 unspecified atom stereocenters. The largest absolute Gasteiger partial charge is 0.494 e. The van der Waals surface area contributed by atoms with Crippen LogP contribution in [0.5, 0.6) is 5.75 Å². The summed E-state index contributed by atoms with van der Waals surface area (Å²) in [5.41, 5.74) is 6.50. The number of para-hydroxylation sites is 1. The third-order valence-corrected chi connectivity index (χ3v) is 2.32. The molecule has 0 fully saturated rings. The van der Waals surface area contributed by atoms with Crippen molar-refractivity contribution in [2.45, 2.75) is 6.42 Å². The molecule has 5 nitrogen and oxygen atoms in total. The Morgan fingerprint density at radius 2 is 2.19 bits per heavy atom. The predicted octanol–water partition coefficient (Wildman–Crippen LogP) is 0.755. The van der Waals surface area contributed by atoms with Crippen molar-refractivity contribution < 1.29 is 9.84 Å². The lowest BCUT2D eigenvalue weighted by atomic mass is 10.2. The van der Waals surface area contributed by atoms with Gasteiger partial charge in [-0.25, -0.2) is 9.97 Å². The van der Waals surface area contributed by atoms with Crippen molar-refractivity contribution in [3.8, 4) is 5.75 Å². The molecule has 84 valence electrons. The lowest BCUT2D eigenvalue weighted by Crippen LogP contribution is -2.03. The van der Waals surface area contributed by atoms with Crippen molar-refractivity contribution in [3.05, 3.63) is 24.0 Å². The van der Waals surface area contributed by atoms with Crippen molar-refractivity contribution >= 4 is 16.7 Å². The van der Waals surface area contributed by atoms with E-state index in [-0.39, 0.29) is 6.61 Å². The Kier molecular flexibility index (Phi) is 2.87. The van der Waals surface area contributed by atoms with Crippen molar-refractivity contribution in [2.75, 3.05) is 19.5 Å². The Morgan fingerprint density at radius 1 is 1.38 bits per heavy atom. The molecule has 0 amide bonds. The quantitative estimate of drug-likeness (QED) is 0.796. The molecule has 0 atom stereocenters. The number of anilines is 1. The maximum absolute atomic E-state index is 8.86. The van der Waals surface area contributed by atoms with Crippen LogP contribution in [0.3, 0.4) is 0 Å². The Labute approximate surface area is 92.9 Å². The zero-order valence-corrected chi connectivity index (χ0v) is 8.97. The van der Waals surface area contributed by atoms with Crippen molar-refractivity contribution in [2.24, 2.45) is 0 Å². The summed E-state index contributed by atoms with van der Waals surface area (Å²) in [6.45, 7) is 0.0000950. The van der Waals surface area contributed by atoms with E-state index in [9.17, 15) is 0 Å². The van der Waals surface area contributed by atoms with Crippen molar-refractivity contribution in [1.29, 1.82) is 0 Å². The van der Waals surface area contributed by atoms with Gasteiger partial charge in [-0.05, 0) is 12.1 Å². The van der Waals surface area contributed by atoms with E-state index in [0.717, 1.165) is 5.39 Å². The van der Waals surface area contributed by atoms with Crippen LogP contribution < -0.4 is 10.5 Å². The monoisotopic (exact) mass is 219 g/mol. The number of aliphatic hydroxyl groups excluding tert-OH is 1. The fourth-order valence-electron chi connectivity index (χ4n) is 1.57. The summed E-state index contributed by atoms with van der Waals surface area (Å²) in [4.78, 5) is 8.44. The Bertz CT molecular complexity index is 514. The fraction of sp³-hybridized carbons (Fsp3) is 0.273. The number of rotatable bonds is 3. The van der Waals surface area contributed by atoms with Crippen LogP contribution in [-0.4, -0.2) is 28.8 Å². The fourth-order valence-corrected chi connectivity index (χ4v) is 1.57. The summed E-state index contributed by atoms with van der Waals surface area (Å²) in [6.07, 6.45) is 0.387. The molecule has 0 aliphatic carbocycles. The summed E-state index contributed by atoms with van der Waals surface area (Å²) >= 11 is 0. The second-order valence-electron chi connectivity index (χ2n) is 3.36. The van der Waals surface area contributed by atoms with Crippen LogP contribution in [0.4, 0.5) is 5.82 Å². The highest BCUT2D eigenvalue weighted by Gasteiger charge is 2.08. The van der Waals surface area contributed by atoms with Gasteiger partial charge in [0.15, 0.2) is 0 Å². The molecular formula is C11H13N3O2. The molecule has 2 rings (SSSR count). The number of methoxy groups -OCH3 is 1. The summed E-state index contributed by atoms with van der Waals surface area (Å²) in [5.74, 6) is 1.59. The van der Waals surface area contributed by atoms with Crippen LogP contribution in [0.2, 0.25) is 0 Å². The van der Waals surface area contributed by atoms with E-state index in [1.54, 1.807) is 7.11 Å². The van der Waals surface area contributed by atoms with Gasteiger partial charge < -0.3 is 15.6 Å². The standard InChI is InChI=1S/C11H13N3O2/c1-16-8-4-2-3-7-10(8)13-9(5-6-15)14-11(7)12/h2-4,15H,5-6H2,1H3,(H2,12,13,14). The highest BCUT2D eigenvalue weighted by Crippen LogP contribution is 2.26. The first kappa shape index (κ1) is 10.6. The average Bonchev–Trinajstić information content (AvgIpc) is 2.29. The lowest BCUT2D eigenvalue weighted by molar-refractivity contribution is 0.297. The molecule has 0 radical (unpaired) electrons. The molecule has 1 heterocycles. The highest BCUT2D eigenvalue weighted by molar-refractivity contribution is 5.92. The normalized spacial score (nSPS) is 10.6. The van der Waals surface area contributed by atoms with E-state index in [2.05, 4.69) is 9.97 Å². The van der Waals surface area contributed by atoms with Gasteiger partial charge in [0.25, 0.3) is 0 Å². The molecule has 0 aliphatic heterocycles. The molecule has 5 heteroatoms. The van der Waals surface area contributed by atoms with Gasteiger partial charge in [-0.1, -0.05) is 6.07 Å². The molecule has 0 spiro atoms. The number of nitrogens with two attached hydrogens (primary N) is 1. The minimum absolute atomic E-state index is 0.0000950. The number of hydrogen-bond donors (Lipinski definition) is 2. The number of fused-ring (bicyclic) bond motifs is 1. The van der Waals surface area contributed by atoms with Gasteiger partial charge in [0.05, 0.1) is 13.7 Å². The van der Waals surface area contributed by atoms with Crippen LogP contribution >= 0.6 is 0 Å². The Hall–Kier alpha value is -1.88. The molecule has 1 aromatic heterocycles. The van der Waals surface area contributed by atoms with Gasteiger partial charge in [0.1, 0.15) is 22.9 Å². The number of aliphatic hydroxyl groups is 1. The molecule has 0 bridgehead atoms. The van der Waals surface area contributed by atoms with Crippen molar-refractivity contribution in [3.63, 3.8) is 0 Å². The third kappa shape index (κ3) is 1.77. The van der Waals surface area contributed by atoms with E-state index >= 15 is 0 Å². The summed E-state index contributed by atoms with van der Waals surface area (Å²) < 4.78 is 5.21. The van der Waals surface area contributed by atoms with Gasteiger partial charge in [0.2, 0.25) is 0 Å². The van der Waals surface area contributed by atoms with Gasteiger partial charge in [0, 0.05) is 11.8 Å². The Morgan fingerprint density at radius 3 is 2.88 bits per heavy atom. The molecule has 2 aromatic rings. The first-order valence-corrected chi connectivity index (χ1v) is 4.96. The molecule has 1 aromatic carbocycles. The van der Waals surface area contributed by atoms with Crippen LogP contribution in [0.25, 0.3) is 10.9 Å². The number of ether oxygens (including phenoxy) is 1. The van der Waals surface area contributed by atoms with E-state index in [4.69, 9.17) is 15.6 Å². The number of aromatic nitrogens is 2. The van der Waals surface area contributed by atoms with E-state index < -0.39 is 0 Å². The maximum atomic E-state index is 8.86.